The van der Waals surface area contributed by atoms with Crippen LogP contribution in [0.1, 0.15) is 22.4 Å². The van der Waals surface area contributed by atoms with E-state index in [2.05, 4.69) is 11.1 Å². The zero-order valence-corrected chi connectivity index (χ0v) is 11.9. The third-order valence-electron chi connectivity index (χ3n) is 3.55. The number of hydrogen-bond donors (Lipinski definition) is 0. The topological polar surface area (TPSA) is 50.8 Å². The summed E-state index contributed by atoms with van der Waals surface area (Å²) in [7, 11) is 3.50. The van der Waals surface area contributed by atoms with Gasteiger partial charge in [-0.15, -0.1) is 0 Å². The molecule has 98 valence electrons. The summed E-state index contributed by atoms with van der Waals surface area (Å²) >= 11 is 0. The molecule has 0 saturated carbocycles. The Balaban J connectivity index is 2.77. The van der Waals surface area contributed by atoms with E-state index in [4.69, 9.17) is 4.74 Å². The maximum atomic E-state index is 9.27. The van der Waals surface area contributed by atoms with E-state index >= 15 is 0 Å². The van der Waals surface area contributed by atoms with Gasteiger partial charge in [0.2, 0.25) is 0 Å². The number of benzene rings is 1. The Kier molecular flexibility index (Phi) is 3.30. The van der Waals surface area contributed by atoms with Crippen LogP contribution in [0.5, 0.6) is 5.75 Å². The Bertz CT molecular complexity index is 678. The summed E-state index contributed by atoms with van der Waals surface area (Å²) in [5.74, 6) is 0.869. The molecule has 0 saturated heterocycles. The summed E-state index contributed by atoms with van der Waals surface area (Å²) in [6.45, 7) is 6.07. The normalized spacial score (nSPS) is 10.3. The predicted molar refractivity (Wildman–Crippen MR) is 74.1 cm³/mol. The van der Waals surface area contributed by atoms with Crippen molar-refractivity contribution in [3.63, 3.8) is 0 Å². The first kappa shape index (κ1) is 13.2. The average Bonchev–Trinajstić information content (AvgIpc) is 2.75. The van der Waals surface area contributed by atoms with Crippen LogP contribution < -0.4 is 4.74 Å². The van der Waals surface area contributed by atoms with Gasteiger partial charge in [-0.05, 0) is 43.5 Å². The summed E-state index contributed by atoms with van der Waals surface area (Å²) in [6, 6.07) is 4.21. The van der Waals surface area contributed by atoms with E-state index in [1.54, 1.807) is 18.0 Å². The summed E-state index contributed by atoms with van der Waals surface area (Å²) in [6.07, 6.45) is 1.67. The van der Waals surface area contributed by atoms with E-state index < -0.39 is 0 Å². The molecular formula is C15H17N3O. The summed E-state index contributed by atoms with van der Waals surface area (Å²) in [4.78, 5) is 4.37. The third kappa shape index (κ3) is 1.97. The Hall–Kier alpha value is -2.28. The van der Waals surface area contributed by atoms with Crippen LogP contribution >= 0.6 is 0 Å². The van der Waals surface area contributed by atoms with Gasteiger partial charge in [-0.3, -0.25) is 0 Å². The molecule has 4 nitrogen and oxygen atoms in total. The standard InChI is InChI=1S/C15H17N3O/c1-9-6-13(19-5)10(2)11(3)14(9)15-12(7-16)18(4)8-17-15/h6,8H,1-5H3. The van der Waals surface area contributed by atoms with Crippen molar-refractivity contribution in [1.82, 2.24) is 9.55 Å². The molecule has 0 unspecified atom stereocenters. The molecule has 0 radical (unpaired) electrons. The van der Waals surface area contributed by atoms with Crippen LogP contribution in [0.15, 0.2) is 12.4 Å². The molecule has 2 rings (SSSR count). The lowest BCUT2D eigenvalue weighted by Gasteiger charge is -2.15. The van der Waals surface area contributed by atoms with E-state index in [0.29, 0.717) is 5.69 Å². The fraction of sp³-hybridized carbons (Fsp3) is 0.333. The molecular weight excluding hydrogens is 238 g/mol. The fourth-order valence-corrected chi connectivity index (χ4v) is 2.37. The lowest BCUT2D eigenvalue weighted by molar-refractivity contribution is 0.411. The van der Waals surface area contributed by atoms with Gasteiger partial charge in [0.15, 0.2) is 0 Å². The molecule has 0 spiro atoms. The van der Waals surface area contributed by atoms with E-state index in [1.165, 1.54) is 0 Å². The highest BCUT2D eigenvalue weighted by Gasteiger charge is 2.18. The molecule has 0 atom stereocenters. The van der Waals surface area contributed by atoms with Crippen molar-refractivity contribution in [2.24, 2.45) is 7.05 Å². The summed E-state index contributed by atoms with van der Waals surface area (Å²) in [5, 5.41) is 9.27. The highest BCUT2D eigenvalue weighted by molar-refractivity contribution is 5.74. The van der Waals surface area contributed by atoms with E-state index in [0.717, 1.165) is 33.7 Å². The monoisotopic (exact) mass is 255 g/mol. The number of aromatic nitrogens is 2. The number of nitrogens with zero attached hydrogens (tertiary/aromatic N) is 3. The van der Waals surface area contributed by atoms with Crippen molar-refractivity contribution >= 4 is 0 Å². The molecule has 4 heteroatoms. The SMILES string of the molecule is COc1cc(C)c(-c2ncn(C)c2C#N)c(C)c1C. The van der Waals surface area contributed by atoms with Gasteiger partial charge >= 0.3 is 0 Å². The van der Waals surface area contributed by atoms with Crippen molar-refractivity contribution in [2.45, 2.75) is 20.8 Å². The van der Waals surface area contributed by atoms with Crippen LogP contribution in [0, 0.1) is 32.1 Å². The Morgan fingerprint density at radius 3 is 2.53 bits per heavy atom. The summed E-state index contributed by atoms with van der Waals surface area (Å²) in [5.41, 5.74) is 5.59. The number of nitriles is 1. The number of rotatable bonds is 2. The van der Waals surface area contributed by atoms with E-state index in [-0.39, 0.29) is 0 Å². The van der Waals surface area contributed by atoms with Gasteiger partial charge in [0.25, 0.3) is 0 Å². The van der Waals surface area contributed by atoms with Crippen molar-refractivity contribution in [3.05, 3.63) is 34.8 Å². The average molecular weight is 255 g/mol. The largest absolute Gasteiger partial charge is 0.496 e. The summed E-state index contributed by atoms with van der Waals surface area (Å²) < 4.78 is 7.11. The first-order chi connectivity index (χ1) is 9.01. The zero-order chi connectivity index (χ0) is 14.2. The predicted octanol–water partition coefficient (Wildman–Crippen LogP) is 2.89. The highest BCUT2D eigenvalue weighted by Crippen LogP contribution is 2.34. The Morgan fingerprint density at radius 1 is 1.26 bits per heavy atom. The van der Waals surface area contributed by atoms with Gasteiger partial charge in [-0.2, -0.15) is 5.26 Å². The molecule has 0 fully saturated rings. The lowest BCUT2D eigenvalue weighted by Crippen LogP contribution is -1.98. The van der Waals surface area contributed by atoms with Gasteiger partial charge in [0.1, 0.15) is 23.2 Å². The zero-order valence-electron chi connectivity index (χ0n) is 11.9. The second-order valence-corrected chi connectivity index (χ2v) is 4.69. The Morgan fingerprint density at radius 2 is 1.95 bits per heavy atom. The maximum Gasteiger partial charge on any atom is 0.147 e. The molecule has 0 amide bonds. The minimum atomic E-state index is 0.579. The molecule has 19 heavy (non-hydrogen) atoms. The second-order valence-electron chi connectivity index (χ2n) is 4.69. The van der Waals surface area contributed by atoms with Crippen molar-refractivity contribution in [3.8, 4) is 23.1 Å². The molecule has 1 aromatic carbocycles. The van der Waals surface area contributed by atoms with E-state index in [9.17, 15) is 5.26 Å². The third-order valence-corrected chi connectivity index (χ3v) is 3.55. The molecule has 2 aromatic rings. The lowest BCUT2D eigenvalue weighted by atomic mass is 9.94. The van der Waals surface area contributed by atoms with Crippen molar-refractivity contribution < 1.29 is 4.74 Å². The fourth-order valence-electron chi connectivity index (χ4n) is 2.37. The molecule has 0 bridgehead atoms. The number of methoxy groups -OCH3 is 1. The smallest absolute Gasteiger partial charge is 0.147 e. The first-order valence-corrected chi connectivity index (χ1v) is 6.07. The van der Waals surface area contributed by atoms with Gasteiger partial charge in [0.05, 0.1) is 13.4 Å². The van der Waals surface area contributed by atoms with Crippen molar-refractivity contribution in [1.29, 1.82) is 5.26 Å². The van der Waals surface area contributed by atoms with Crippen LogP contribution in [0.2, 0.25) is 0 Å². The second kappa shape index (κ2) is 4.77. The molecule has 0 N–H and O–H groups in total. The number of aryl methyl sites for hydroxylation is 2. The van der Waals surface area contributed by atoms with Gasteiger partial charge < -0.3 is 9.30 Å². The van der Waals surface area contributed by atoms with E-state index in [1.807, 2.05) is 33.9 Å². The number of ether oxygens (including phenoxy) is 1. The Labute approximate surface area is 113 Å². The minimum Gasteiger partial charge on any atom is -0.496 e. The molecule has 0 aliphatic rings. The van der Waals surface area contributed by atoms with Crippen LogP contribution in [0.25, 0.3) is 11.3 Å². The van der Waals surface area contributed by atoms with Gasteiger partial charge in [0, 0.05) is 12.6 Å². The van der Waals surface area contributed by atoms with Crippen molar-refractivity contribution in [2.75, 3.05) is 7.11 Å². The van der Waals surface area contributed by atoms with Gasteiger partial charge in [-0.25, -0.2) is 4.98 Å². The molecule has 0 aliphatic carbocycles. The van der Waals surface area contributed by atoms with Crippen LogP contribution in [-0.4, -0.2) is 16.7 Å². The number of hydrogen-bond acceptors (Lipinski definition) is 3. The van der Waals surface area contributed by atoms with Crippen LogP contribution in [0.3, 0.4) is 0 Å². The number of imidazole rings is 1. The van der Waals surface area contributed by atoms with Crippen LogP contribution in [-0.2, 0) is 7.05 Å². The highest BCUT2D eigenvalue weighted by atomic mass is 16.5. The first-order valence-electron chi connectivity index (χ1n) is 6.07. The van der Waals surface area contributed by atoms with Gasteiger partial charge in [-0.1, -0.05) is 0 Å². The minimum absolute atomic E-state index is 0.579. The quantitative estimate of drug-likeness (QED) is 0.829. The molecule has 0 aliphatic heterocycles. The maximum absolute atomic E-state index is 9.27. The molecule has 1 heterocycles. The molecule has 1 aromatic heterocycles. The van der Waals surface area contributed by atoms with Crippen LogP contribution in [0.4, 0.5) is 0 Å².